The Morgan fingerprint density at radius 3 is 1.51 bits per heavy atom. The van der Waals surface area contributed by atoms with Gasteiger partial charge in [0, 0.05) is 0 Å². The summed E-state index contributed by atoms with van der Waals surface area (Å²) in [6, 6.07) is 10.2. The van der Waals surface area contributed by atoms with E-state index in [4.69, 9.17) is 0 Å². The molecule has 0 aromatic carbocycles. The molecule has 0 aromatic heterocycles. The molecular weight excluding hydrogens is 603 g/mol. The van der Waals surface area contributed by atoms with Crippen LogP contribution in [0.1, 0.15) is 90.9 Å². The Hall–Kier alpha value is 0.857. The molecule has 0 nitrogen and oxygen atoms in total. The molecule has 4 atom stereocenters. The molecule has 204 valence electrons. The first-order chi connectivity index (χ1) is 17.1. The van der Waals surface area contributed by atoms with Crippen LogP contribution in [0.2, 0.25) is 41.8 Å². The first-order valence-corrected chi connectivity index (χ1v) is 23.4. The molecule has 5 heteroatoms. The third kappa shape index (κ3) is 4.77. The van der Waals surface area contributed by atoms with Crippen LogP contribution in [0.15, 0.2) is 47.6 Å². The molecule has 0 radical (unpaired) electrons. The smallest absolute Gasteiger partial charge is 1.00 e. The maximum absolute atomic E-state index is 2.76. The molecule has 2 heterocycles. The van der Waals surface area contributed by atoms with Gasteiger partial charge in [0.15, 0.2) is 0 Å². The van der Waals surface area contributed by atoms with Crippen LogP contribution in [0.25, 0.3) is 0 Å². The van der Waals surface area contributed by atoms with E-state index < -0.39 is 39.4 Å². The largest absolute Gasteiger partial charge is 1.00 e. The molecule has 6 rings (SSSR count). The summed E-state index contributed by atoms with van der Waals surface area (Å²) in [6.45, 7) is 4.94. The van der Waals surface area contributed by atoms with Crippen molar-refractivity contribution in [1.82, 2.24) is 0 Å². The van der Waals surface area contributed by atoms with Crippen LogP contribution in [0.3, 0.4) is 0 Å². The summed E-state index contributed by atoms with van der Waals surface area (Å²) in [5.74, 6) is 1.88. The second-order valence-electron chi connectivity index (χ2n) is 13.5. The molecule has 0 spiro atoms. The predicted molar refractivity (Wildman–Crippen MR) is 154 cm³/mol. The van der Waals surface area contributed by atoms with E-state index in [-0.39, 0.29) is 24.8 Å². The van der Waals surface area contributed by atoms with Gasteiger partial charge in [-0.3, -0.25) is 0 Å². The summed E-state index contributed by atoms with van der Waals surface area (Å²) in [7, 11) is -2.42. The summed E-state index contributed by atoms with van der Waals surface area (Å²) in [6.07, 6.45) is 33.9. The minimum Gasteiger partial charge on any atom is -1.00 e. The fourth-order valence-electron chi connectivity index (χ4n) is 10.0. The van der Waals surface area contributed by atoms with Gasteiger partial charge in [-0.15, -0.1) is 0 Å². The van der Waals surface area contributed by atoms with Gasteiger partial charge in [-0.25, -0.2) is 0 Å². The van der Waals surface area contributed by atoms with Crippen LogP contribution in [0.5, 0.6) is 0 Å². The van der Waals surface area contributed by atoms with Gasteiger partial charge in [-0.1, -0.05) is 0 Å². The Balaban J connectivity index is 0.00000160. The second kappa shape index (κ2) is 12.4. The number of fused-ring (bicyclic) bond motifs is 2. The molecular formula is C32H50Cl2Si2Zr. The zero-order chi connectivity index (χ0) is 24.0. The predicted octanol–water partition coefficient (Wildman–Crippen LogP) is 4.37. The Kier molecular flexibility index (Phi) is 10.3. The SMILES string of the molecule is CCCC[Si]1([C]2([Zr+2][C]3([Si]4(CCCC)CCC4)CCC4CC=CC=C43)CCC3CC=CC=C32)CCC1.[Cl-].[Cl-]. The van der Waals surface area contributed by atoms with E-state index in [2.05, 4.69) is 61.4 Å². The summed E-state index contributed by atoms with van der Waals surface area (Å²) in [5, 5.41) is 0. The fraction of sp³-hybridized carbons (Fsp3) is 0.750. The summed E-state index contributed by atoms with van der Waals surface area (Å²) in [5.41, 5.74) is 4.20. The topological polar surface area (TPSA) is 0 Å². The quantitative estimate of drug-likeness (QED) is 0.308. The molecule has 37 heavy (non-hydrogen) atoms. The number of hydrogen-bond donors (Lipinski definition) is 0. The third-order valence-corrected chi connectivity index (χ3v) is 38.8. The zero-order valence-corrected chi connectivity index (χ0v) is 29.6. The van der Waals surface area contributed by atoms with Gasteiger partial charge < -0.3 is 24.8 Å². The van der Waals surface area contributed by atoms with E-state index in [9.17, 15) is 0 Å². The molecule has 0 aromatic rings. The van der Waals surface area contributed by atoms with Crippen molar-refractivity contribution in [1.29, 1.82) is 0 Å². The van der Waals surface area contributed by atoms with E-state index >= 15 is 0 Å². The van der Waals surface area contributed by atoms with Crippen LogP contribution >= 0.6 is 0 Å². The number of rotatable bonds is 10. The average molecular weight is 653 g/mol. The van der Waals surface area contributed by atoms with Crippen LogP contribution in [-0.4, -0.2) is 16.1 Å². The van der Waals surface area contributed by atoms with E-state index in [0.717, 1.165) is 17.3 Å². The standard InChI is InChI=1S/2C16H25Si.2ClH.Zr/c2*1-2-3-11-17(12-6-13-17)16-10-9-14-7-4-5-8-15(14)16;;;/h2*4-5,8,14H,2-3,6-7,9-13H2,1H3;2*1H;/q;;;;+2/p-2. The van der Waals surface area contributed by atoms with Crippen molar-refractivity contribution >= 4 is 16.1 Å². The number of halogens is 2. The first-order valence-electron chi connectivity index (χ1n) is 15.7. The minimum absolute atomic E-state index is 0. The molecule has 2 saturated carbocycles. The maximum Gasteiger partial charge on any atom is -1.00 e. The monoisotopic (exact) mass is 650 g/mol. The second-order valence-corrected chi connectivity index (χ2v) is 30.6. The van der Waals surface area contributed by atoms with Crippen molar-refractivity contribution in [2.75, 3.05) is 0 Å². The molecule has 2 aliphatic heterocycles. The van der Waals surface area contributed by atoms with Crippen LogP contribution < -0.4 is 24.8 Å². The van der Waals surface area contributed by atoms with Gasteiger partial charge in [-0.05, 0) is 0 Å². The Labute approximate surface area is 254 Å². The minimum atomic E-state index is -1.21. The van der Waals surface area contributed by atoms with Gasteiger partial charge in [-0.2, -0.15) is 0 Å². The number of unbranched alkanes of at least 4 members (excludes halogenated alkanes) is 2. The molecule has 4 aliphatic carbocycles. The van der Waals surface area contributed by atoms with Gasteiger partial charge in [0.05, 0.1) is 0 Å². The third-order valence-electron chi connectivity index (χ3n) is 12.1. The summed E-state index contributed by atoms with van der Waals surface area (Å²) >= 11 is -0.667. The number of hydrogen-bond acceptors (Lipinski definition) is 0. The van der Waals surface area contributed by atoms with Gasteiger partial charge in [0.2, 0.25) is 0 Å². The van der Waals surface area contributed by atoms with Gasteiger partial charge in [0.1, 0.15) is 0 Å². The van der Waals surface area contributed by atoms with Gasteiger partial charge in [0.25, 0.3) is 0 Å². The average Bonchev–Trinajstić information content (AvgIpc) is 3.39. The van der Waals surface area contributed by atoms with Crippen molar-refractivity contribution in [3.63, 3.8) is 0 Å². The van der Waals surface area contributed by atoms with E-state index in [1.54, 1.807) is 87.6 Å². The summed E-state index contributed by atoms with van der Waals surface area (Å²) in [4.78, 5) is 0. The van der Waals surface area contributed by atoms with E-state index in [0.29, 0.717) is 0 Å². The molecule has 6 aliphatic rings. The summed E-state index contributed by atoms with van der Waals surface area (Å²) < 4.78 is 1.63. The molecule has 0 bridgehead atoms. The maximum atomic E-state index is 2.76. The zero-order valence-electron chi connectivity index (χ0n) is 23.6. The van der Waals surface area contributed by atoms with Crippen LogP contribution in [-0.2, 0) is 23.2 Å². The fourth-order valence-corrected chi connectivity index (χ4v) is 39.7. The van der Waals surface area contributed by atoms with E-state index in [1.807, 2.05) is 0 Å². The van der Waals surface area contributed by atoms with Crippen LogP contribution in [0.4, 0.5) is 0 Å². The van der Waals surface area contributed by atoms with Crippen molar-refractivity contribution in [2.45, 2.75) is 133 Å². The molecule has 2 saturated heterocycles. The first kappa shape index (κ1) is 30.8. The molecule has 4 unspecified atom stereocenters. The molecule has 4 fully saturated rings. The molecule has 0 N–H and O–H groups in total. The Bertz CT molecular complexity index is 857. The Morgan fingerprint density at radius 1 is 0.730 bits per heavy atom. The van der Waals surface area contributed by atoms with Crippen molar-refractivity contribution in [3.8, 4) is 0 Å². The van der Waals surface area contributed by atoms with Crippen molar-refractivity contribution < 1.29 is 48.0 Å². The van der Waals surface area contributed by atoms with E-state index in [1.165, 1.54) is 25.7 Å². The molecule has 0 amide bonds. The van der Waals surface area contributed by atoms with Crippen LogP contribution in [0, 0.1) is 11.8 Å². The Morgan fingerprint density at radius 2 is 1.16 bits per heavy atom. The number of allylic oxidation sites excluding steroid dienone is 8. The van der Waals surface area contributed by atoms with Crippen molar-refractivity contribution in [3.05, 3.63) is 47.6 Å². The normalized spacial score (nSPS) is 35.9. The van der Waals surface area contributed by atoms with Crippen molar-refractivity contribution in [2.24, 2.45) is 11.8 Å². The van der Waals surface area contributed by atoms with Gasteiger partial charge >= 0.3 is 231 Å².